The fourth-order valence-corrected chi connectivity index (χ4v) is 2.94. The molecule has 1 heterocycles. The molecule has 2 nitrogen and oxygen atoms in total. The van der Waals surface area contributed by atoms with E-state index in [2.05, 4.69) is 4.98 Å². The summed E-state index contributed by atoms with van der Waals surface area (Å²) in [5, 5.41) is 2.67. The van der Waals surface area contributed by atoms with Crippen LogP contribution in [0.15, 0.2) is 60.0 Å². The molecule has 3 aromatic rings. The Morgan fingerprint density at radius 3 is 2.70 bits per heavy atom. The molecular weight excluding hydrogens is 309 g/mol. The molecule has 0 fully saturated rings. The highest BCUT2D eigenvalue weighted by atomic mass is 32.1. The molecule has 0 aliphatic rings. The fraction of sp³-hybridized carbons (Fsp3) is 0.0526. The van der Waals surface area contributed by atoms with E-state index in [1.807, 2.05) is 30.5 Å². The predicted octanol–water partition coefficient (Wildman–Crippen LogP) is 5.15. The Kier molecular flexibility index (Phi) is 4.44. The van der Waals surface area contributed by atoms with Gasteiger partial charge in [0.15, 0.2) is 5.78 Å². The average molecular weight is 323 g/mol. The summed E-state index contributed by atoms with van der Waals surface area (Å²) in [6, 6.07) is 13.7. The summed E-state index contributed by atoms with van der Waals surface area (Å²) in [4.78, 5) is 16.6. The van der Waals surface area contributed by atoms with Gasteiger partial charge >= 0.3 is 0 Å². The first-order chi connectivity index (χ1) is 11.1. The van der Waals surface area contributed by atoms with Crippen molar-refractivity contribution in [3.05, 3.63) is 82.6 Å². The number of aryl methyl sites for hydroxylation is 1. The monoisotopic (exact) mass is 323 g/mol. The van der Waals surface area contributed by atoms with Crippen LogP contribution >= 0.6 is 11.3 Å². The molecule has 114 valence electrons. The first kappa shape index (κ1) is 15.3. The molecule has 0 radical (unpaired) electrons. The zero-order valence-corrected chi connectivity index (χ0v) is 13.3. The number of allylic oxidation sites excluding steroid dienone is 1. The topological polar surface area (TPSA) is 30.0 Å². The van der Waals surface area contributed by atoms with Gasteiger partial charge in [0.05, 0.1) is 5.69 Å². The van der Waals surface area contributed by atoms with Gasteiger partial charge in [-0.1, -0.05) is 23.8 Å². The van der Waals surface area contributed by atoms with E-state index in [1.165, 1.54) is 29.5 Å². The van der Waals surface area contributed by atoms with E-state index >= 15 is 0 Å². The molecule has 0 atom stereocenters. The van der Waals surface area contributed by atoms with Gasteiger partial charge in [-0.05, 0) is 49.4 Å². The molecule has 0 saturated heterocycles. The SMILES string of the molecule is Cc1cccc(C(=O)/C=C/c2csc(-c3ccc(F)cc3)n2)c1. The van der Waals surface area contributed by atoms with Crippen LogP contribution in [-0.2, 0) is 0 Å². The van der Waals surface area contributed by atoms with E-state index in [-0.39, 0.29) is 11.6 Å². The second-order valence-corrected chi connectivity index (χ2v) is 6.01. The van der Waals surface area contributed by atoms with Crippen LogP contribution in [0.25, 0.3) is 16.6 Å². The van der Waals surface area contributed by atoms with Crippen molar-refractivity contribution in [2.24, 2.45) is 0 Å². The van der Waals surface area contributed by atoms with Crippen LogP contribution in [0.1, 0.15) is 21.6 Å². The number of hydrogen-bond donors (Lipinski definition) is 0. The summed E-state index contributed by atoms with van der Waals surface area (Å²) < 4.78 is 12.9. The summed E-state index contributed by atoms with van der Waals surface area (Å²) in [5.41, 5.74) is 3.29. The van der Waals surface area contributed by atoms with Crippen molar-refractivity contribution in [2.75, 3.05) is 0 Å². The molecule has 1 aromatic heterocycles. The molecule has 0 N–H and O–H groups in total. The number of carbonyl (C=O) groups is 1. The molecule has 0 aliphatic carbocycles. The van der Waals surface area contributed by atoms with Crippen LogP contribution in [0.4, 0.5) is 4.39 Å². The predicted molar refractivity (Wildman–Crippen MR) is 92.1 cm³/mol. The van der Waals surface area contributed by atoms with Gasteiger partial charge in [0.1, 0.15) is 10.8 Å². The zero-order chi connectivity index (χ0) is 16.2. The van der Waals surface area contributed by atoms with Gasteiger partial charge in [0.25, 0.3) is 0 Å². The van der Waals surface area contributed by atoms with Crippen LogP contribution in [-0.4, -0.2) is 10.8 Å². The van der Waals surface area contributed by atoms with Gasteiger partial charge in [0, 0.05) is 16.5 Å². The Balaban J connectivity index is 1.76. The van der Waals surface area contributed by atoms with Gasteiger partial charge in [0.2, 0.25) is 0 Å². The van der Waals surface area contributed by atoms with Gasteiger partial charge in [-0.25, -0.2) is 9.37 Å². The molecule has 2 aromatic carbocycles. The first-order valence-corrected chi connectivity index (χ1v) is 8.00. The van der Waals surface area contributed by atoms with Crippen molar-refractivity contribution >= 4 is 23.2 Å². The number of halogens is 1. The third kappa shape index (κ3) is 3.79. The molecule has 4 heteroatoms. The van der Waals surface area contributed by atoms with Crippen molar-refractivity contribution in [1.82, 2.24) is 4.98 Å². The molecule has 0 amide bonds. The van der Waals surface area contributed by atoms with Gasteiger partial charge in [-0.2, -0.15) is 0 Å². The lowest BCUT2D eigenvalue weighted by Crippen LogP contribution is -1.94. The lowest BCUT2D eigenvalue weighted by Gasteiger charge is -1.97. The Bertz CT molecular complexity index is 865. The lowest BCUT2D eigenvalue weighted by molar-refractivity contribution is 0.104. The third-order valence-corrected chi connectivity index (χ3v) is 4.23. The number of thiazole rings is 1. The molecule has 0 spiro atoms. The van der Waals surface area contributed by atoms with Gasteiger partial charge in [-0.15, -0.1) is 11.3 Å². The highest BCUT2D eigenvalue weighted by molar-refractivity contribution is 7.13. The number of hydrogen-bond acceptors (Lipinski definition) is 3. The number of benzene rings is 2. The van der Waals surface area contributed by atoms with Crippen LogP contribution in [0.5, 0.6) is 0 Å². The number of aromatic nitrogens is 1. The number of nitrogens with zero attached hydrogens (tertiary/aromatic N) is 1. The minimum absolute atomic E-state index is 0.0509. The molecule has 0 unspecified atom stereocenters. The Hall–Kier alpha value is -2.59. The van der Waals surface area contributed by atoms with Crippen LogP contribution in [0.3, 0.4) is 0 Å². The van der Waals surface area contributed by atoms with Crippen LogP contribution in [0, 0.1) is 12.7 Å². The summed E-state index contributed by atoms with van der Waals surface area (Å²) >= 11 is 1.46. The fourth-order valence-electron chi connectivity index (χ4n) is 2.14. The van der Waals surface area contributed by atoms with Crippen molar-refractivity contribution in [2.45, 2.75) is 6.92 Å². The Morgan fingerprint density at radius 1 is 1.17 bits per heavy atom. The van der Waals surface area contributed by atoms with E-state index in [9.17, 15) is 9.18 Å². The summed E-state index contributed by atoms with van der Waals surface area (Å²) in [5.74, 6) is -0.320. The quantitative estimate of drug-likeness (QED) is 0.491. The second-order valence-electron chi connectivity index (χ2n) is 5.15. The molecule has 23 heavy (non-hydrogen) atoms. The van der Waals surface area contributed by atoms with Crippen molar-refractivity contribution in [3.63, 3.8) is 0 Å². The third-order valence-electron chi connectivity index (χ3n) is 3.32. The number of rotatable bonds is 4. The molecule has 3 rings (SSSR count). The van der Waals surface area contributed by atoms with E-state index in [1.54, 1.807) is 24.3 Å². The van der Waals surface area contributed by atoms with Crippen molar-refractivity contribution < 1.29 is 9.18 Å². The average Bonchev–Trinajstić information content (AvgIpc) is 3.02. The van der Waals surface area contributed by atoms with Crippen molar-refractivity contribution in [3.8, 4) is 10.6 Å². The number of carbonyl (C=O) groups excluding carboxylic acids is 1. The van der Waals surface area contributed by atoms with Gasteiger partial charge < -0.3 is 0 Å². The van der Waals surface area contributed by atoms with E-state index in [0.717, 1.165) is 21.8 Å². The highest BCUT2D eigenvalue weighted by Gasteiger charge is 2.05. The Labute approximate surface area is 138 Å². The molecule has 0 saturated carbocycles. The maximum atomic E-state index is 12.9. The second kappa shape index (κ2) is 6.67. The van der Waals surface area contributed by atoms with E-state index < -0.39 is 0 Å². The minimum atomic E-state index is -0.269. The summed E-state index contributed by atoms with van der Waals surface area (Å²) in [7, 11) is 0. The zero-order valence-electron chi connectivity index (χ0n) is 12.5. The molecule has 0 bridgehead atoms. The van der Waals surface area contributed by atoms with Crippen LogP contribution in [0.2, 0.25) is 0 Å². The van der Waals surface area contributed by atoms with Crippen molar-refractivity contribution in [1.29, 1.82) is 0 Å². The summed E-state index contributed by atoms with van der Waals surface area (Å²) in [6.07, 6.45) is 3.23. The first-order valence-electron chi connectivity index (χ1n) is 7.12. The smallest absolute Gasteiger partial charge is 0.185 e. The standard InChI is InChI=1S/C19H14FNOS/c1-13-3-2-4-15(11-13)18(22)10-9-17-12-23-19(21-17)14-5-7-16(20)8-6-14/h2-12H,1H3/b10-9+. The lowest BCUT2D eigenvalue weighted by atomic mass is 10.1. The van der Waals surface area contributed by atoms with Gasteiger partial charge in [-0.3, -0.25) is 4.79 Å². The maximum Gasteiger partial charge on any atom is 0.185 e. The Morgan fingerprint density at radius 2 is 1.96 bits per heavy atom. The van der Waals surface area contributed by atoms with Crippen LogP contribution < -0.4 is 0 Å². The maximum absolute atomic E-state index is 12.9. The van der Waals surface area contributed by atoms with E-state index in [0.29, 0.717) is 5.56 Å². The molecule has 0 aliphatic heterocycles. The largest absolute Gasteiger partial charge is 0.289 e. The highest BCUT2D eigenvalue weighted by Crippen LogP contribution is 2.24. The normalized spacial score (nSPS) is 11.0. The van der Waals surface area contributed by atoms with E-state index in [4.69, 9.17) is 0 Å². The minimum Gasteiger partial charge on any atom is -0.289 e. The molecular formula is C19H14FNOS. The number of ketones is 1. The summed E-state index contributed by atoms with van der Waals surface area (Å²) in [6.45, 7) is 1.95.